The number of para-hydroxylation sites is 1. The number of nitriles is 1. The number of nitrogen functional groups attached to an aromatic ring is 2. The molecule has 0 amide bonds. The lowest BCUT2D eigenvalue weighted by atomic mass is 10.0. The van der Waals surface area contributed by atoms with Crippen LogP contribution in [0, 0.1) is 11.3 Å². The van der Waals surface area contributed by atoms with Crippen LogP contribution in [0.5, 0.6) is 0 Å². The van der Waals surface area contributed by atoms with Crippen LogP contribution in [0.2, 0.25) is 0 Å². The average molecular weight is 161 g/mol. The van der Waals surface area contributed by atoms with Gasteiger partial charge in [0.15, 0.2) is 0 Å². The van der Waals surface area contributed by atoms with Crippen LogP contribution >= 0.6 is 0 Å². The van der Waals surface area contributed by atoms with E-state index in [0.717, 1.165) is 5.56 Å². The SMILES string of the molecule is CC(C#N)c1cccc(N)c1N. The zero-order valence-corrected chi connectivity index (χ0v) is 6.91. The van der Waals surface area contributed by atoms with Crippen molar-refractivity contribution in [2.75, 3.05) is 11.5 Å². The summed E-state index contributed by atoms with van der Waals surface area (Å²) in [5.41, 5.74) is 13.1. The Morgan fingerprint density at radius 3 is 2.67 bits per heavy atom. The van der Waals surface area contributed by atoms with Gasteiger partial charge in [-0.3, -0.25) is 0 Å². The molecule has 0 aromatic heterocycles. The van der Waals surface area contributed by atoms with E-state index in [9.17, 15) is 0 Å². The summed E-state index contributed by atoms with van der Waals surface area (Å²) in [6.45, 7) is 1.80. The van der Waals surface area contributed by atoms with Crippen molar-refractivity contribution in [1.82, 2.24) is 0 Å². The largest absolute Gasteiger partial charge is 0.397 e. The Bertz CT molecular complexity index is 325. The van der Waals surface area contributed by atoms with Crippen molar-refractivity contribution in [2.45, 2.75) is 12.8 Å². The zero-order valence-electron chi connectivity index (χ0n) is 6.91. The summed E-state index contributed by atoms with van der Waals surface area (Å²) >= 11 is 0. The first-order valence-electron chi connectivity index (χ1n) is 3.70. The Hall–Kier alpha value is -1.69. The van der Waals surface area contributed by atoms with Crippen LogP contribution < -0.4 is 11.5 Å². The highest BCUT2D eigenvalue weighted by atomic mass is 14.7. The van der Waals surface area contributed by atoms with Crippen LogP contribution in [0.25, 0.3) is 0 Å². The number of hydrogen-bond acceptors (Lipinski definition) is 3. The normalized spacial score (nSPS) is 12.0. The van der Waals surface area contributed by atoms with Gasteiger partial charge in [-0.25, -0.2) is 0 Å². The van der Waals surface area contributed by atoms with Gasteiger partial charge in [-0.05, 0) is 18.6 Å². The molecule has 0 saturated heterocycles. The number of rotatable bonds is 1. The monoisotopic (exact) mass is 161 g/mol. The molecule has 1 aromatic rings. The van der Waals surface area contributed by atoms with E-state index in [-0.39, 0.29) is 5.92 Å². The maximum absolute atomic E-state index is 8.66. The smallest absolute Gasteiger partial charge is 0.0705 e. The topological polar surface area (TPSA) is 75.8 Å². The Labute approximate surface area is 71.6 Å². The third-order valence-electron chi connectivity index (χ3n) is 1.83. The molecular formula is C9H11N3. The van der Waals surface area contributed by atoms with Gasteiger partial charge in [-0.1, -0.05) is 12.1 Å². The van der Waals surface area contributed by atoms with Crippen LogP contribution in [-0.4, -0.2) is 0 Å². The highest BCUT2D eigenvalue weighted by molar-refractivity contribution is 5.68. The van der Waals surface area contributed by atoms with Gasteiger partial charge in [0.1, 0.15) is 0 Å². The lowest BCUT2D eigenvalue weighted by molar-refractivity contribution is 0.986. The van der Waals surface area contributed by atoms with E-state index in [1.54, 1.807) is 19.1 Å². The molecule has 0 aliphatic heterocycles. The molecule has 12 heavy (non-hydrogen) atoms. The van der Waals surface area contributed by atoms with E-state index in [2.05, 4.69) is 6.07 Å². The maximum atomic E-state index is 8.66. The molecule has 0 aliphatic carbocycles. The van der Waals surface area contributed by atoms with Crippen molar-refractivity contribution in [3.63, 3.8) is 0 Å². The van der Waals surface area contributed by atoms with Gasteiger partial charge in [0.05, 0.1) is 23.4 Å². The zero-order chi connectivity index (χ0) is 9.14. The molecule has 0 aliphatic rings. The minimum atomic E-state index is -0.200. The first-order chi connectivity index (χ1) is 5.66. The molecule has 1 aromatic carbocycles. The quantitative estimate of drug-likeness (QED) is 0.612. The fourth-order valence-electron chi connectivity index (χ4n) is 1.05. The third kappa shape index (κ3) is 1.32. The molecule has 1 rings (SSSR count). The number of benzene rings is 1. The Morgan fingerprint density at radius 1 is 1.42 bits per heavy atom. The molecule has 3 nitrogen and oxygen atoms in total. The number of anilines is 2. The molecular weight excluding hydrogens is 150 g/mol. The molecule has 3 heteroatoms. The molecule has 1 atom stereocenters. The number of nitrogens with two attached hydrogens (primary N) is 2. The highest BCUT2D eigenvalue weighted by Gasteiger charge is 2.08. The Morgan fingerprint density at radius 2 is 2.08 bits per heavy atom. The van der Waals surface area contributed by atoms with Crippen LogP contribution in [0.3, 0.4) is 0 Å². The van der Waals surface area contributed by atoms with Crippen LogP contribution in [0.4, 0.5) is 11.4 Å². The summed E-state index contributed by atoms with van der Waals surface area (Å²) in [7, 11) is 0. The summed E-state index contributed by atoms with van der Waals surface area (Å²) in [6, 6.07) is 7.46. The Kier molecular flexibility index (Phi) is 2.20. The second-order valence-corrected chi connectivity index (χ2v) is 2.70. The van der Waals surface area contributed by atoms with E-state index < -0.39 is 0 Å². The van der Waals surface area contributed by atoms with Gasteiger partial charge in [0.25, 0.3) is 0 Å². The minimum Gasteiger partial charge on any atom is -0.397 e. The lowest BCUT2D eigenvalue weighted by Crippen LogP contribution is -2.01. The molecule has 62 valence electrons. The van der Waals surface area contributed by atoms with Crippen LogP contribution in [-0.2, 0) is 0 Å². The minimum absolute atomic E-state index is 0.200. The summed E-state index contributed by atoms with van der Waals surface area (Å²) in [5, 5.41) is 8.66. The lowest BCUT2D eigenvalue weighted by Gasteiger charge is -2.08. The second kappa shape index (κ2) is 3.14. The number of nitrogens with zero attached hydrogens (tertiary/aromatic N) is 1. The predicted molar refractivity (Wildman–Crippen MR) is 49.3 cm³/mol. The van der Waals surface area contributed by atoms with Gasteiger partial charge in [0, 0.05) is 0 Å². The van der Waals surface area contributed by atoms with Crippen molar-refractivity contribution in [1.29, 1.82) is 5.26 Å². The molecule has 0 radical (unpaired) electrons. The summed E-state index contributed by atoms with van der Waals surface area (Å²) < 4.78 is 0. The van der Waals surface area contributed by atoms with E-state index in [1.807, 2.05) is 6.07 Å². The summed E-state index contributed by atoms with van der Waals surface area (Å²) in [4.78, 5) is 0. The highest BCUT2D eigenvalue weighted by Crippen LogP contribution is 2.25. The van der Waals surface area contributed by atoms with Crippen molar-refractivity contribution in [3.8, 4) is 6.07 Å². The Balaban J connectivity index is 3.18. The van der Waals surface area contributed by atoms with E-state index in [4.69, 9.17) is 16.7 Å². The van der Waals surface area contributed by atoms with Gasteiger partial charge in [0.2, 0.25) is 0 Å². The van der Waals surface area contributed by atoms with E-state index >= 15 is 0 Å². The molecule has 4 N–H and O–H groups in total. The molecule has 0 heterocycles. The van der Waals surface area contributed by atoms with Crippen molar-refractivity contribution in [3.05, 3.63) is 23.8 Å². The molecule has 1 unspecified atom stereocenters. The van der Waals surface area contributed by atoms with Gasteiger partial charge >= 0.3 is 0 Å². The molecule has 0 fully saturated rings. The maximum Gasteiger partial charge on any atom is 0.0705 e. The van der Waals surface area contributed by atoms with Crippen molar-refractivity contribution < 1.29 is 0 Å². The third-order valence-corrected chi connectivity index (χ3v) is 1.83. The standard InChI is InChI=1S/C9H11N3/c1-6(5-10)7-3-2-4-8(11)9(7)12/h2-4,6H,11-12H2,1H3. The van der Waals surface area contributed by atoms with Gasteiger partial charge < -0.3 is 11.5 Å². The summed E-state index contributed by atoms with van der Waals surface area (Å²) in [5.74, 6) is -0.200. The van der Waals surface area contributed by atoms with Crippen LogP contribution in [0.15, 0.2) is 18.2 Å². The van der Waals surface area contributed by atoms with Gasteiger partial charge in [-0.2, -0.15) is 5.26 Å². The van der Waals surface area contributed by atoms with Crippen molar-refractivity contribution >= 4 is 11.4 Å². The summed E-state index contributed by atoms with van der Waals surface area (Å²) in [6.07, 6.45) is 0. The van der Waals surface area contributed by atoms with E-state index in [1.165, 1.54) is 0 Å². The van der Waals surface area contributed by atoms with E-state index in [0.29, 0.717) is 11.4 Å². The number of hydrogen-bond donors (Lipinski definition) is 2. The fourth-order valence-corrected chi connectivity index (χ4v) is 1.05. The first kappa shape index (κ1) is 8.41. The first-order valence-corrected chi connectivity index (χ1v) is 3.70. The average Bonchev–Trinajstić information content (AvgIpc) is 2.08. The molecule has 0 spiro atoms. The molecule has 0 saturated carbocycles. The van der Waals surface area contributed by atoms with Gasteiger partial charge in [-0.15, -0.1) is 0 Å². The molecule has 0 bridgehead atoms. The van der Waals surface area contributed by atoms with Crippen LogP contribution in [0.1, 0.15) is 18.4 Å². The predicted octanol–water partition coefficient (Wildman–Crippen LogP) is 1.48. The second-order valence-electron chi connectivity index (χ2n) is 2.70. The fraction of sp³-hybridized carbons (Fsp3) is 0.222. The van der Waals surface area contributed by atoms with Crippen molar-refractivity contribution in [2.24, 2.45) is 0 Å².